The lowest BCUT2D eigenvalue weighted by Crippen LogP contribution is -2.13. The molecule has 0 aliphatic carbocycles. The van der Waals surface area contributed by atoms with Crippen LogP contribution in [0.1, 0.15) is 31.9 Å². The highest BCUT2D eigenvalue weighted by Crippen LogP contribution is 2.36. The molecule has 0 aliphatic heterocycles. The largest absolute Gasteiger partial charge is 0.455 e. The van der Waals surface area contributed by atoms with Crippen molar-refractivity contribution in [3.63, 3.8) is 0 Å². The lowest BCUT2D eigenvalue weighted by atomic mass is 9.85. The van der Waals surface area contributed by atoms with Crippen LogP contribution in [0.15, 0.2) is 42.5 Å². The molecule has 2 aromatic carbocycles. The summed E-state index contributed by atoms with van der Waals surface area (Å²) < 4.78 is 6.00. The predicted molar refractivity (Wildman–Crippen MR) is 80.8 cm³/mol. The van der Waals surface area contributed by atoms with Gasteiger partial charge in [0.15, 0.2) is 0 Å². The van der Waals surface area contributed by atoms with E-state index in [1.807, 2.05) is 30.3 Å². The summed E-state index contributed by atoms with van der Waals surface area (Å²) in [5.74, 6) is 1.58. The van der Waals surface area contributed by atoms with Crippen LogP contribution in [0.5, 0.6) is 11.5 Å². The van der Waals surface area contributed by atoms with Crippen molar-refractivity contribution in [3.05, 3.63) is 53.6 Å². The van der Waals surface area contributed by atoms with E-state index in [0.29, 0.717) is 11.4 Å². The Hall–Kier alpha value is -1.96. The van der Waals surface area contributed by atoms with E-state index in [2.05, 4.69) is 39.8 Å². The molecular weight excluding hydrogens is 234 g/mol. The SMILES string of the molecule is Cc1ccc(Oc2ccccc2N)c(C(C)(C)C)c1. The summed E-state index contributed by atoms with van der Waals surface area (Å²) in [4.78, 5) is 0. The second-order valence-electron chi connectivity index (χ2n) is 5.89. The summed E-state index contributed by atoms with van der Waals surface area (Å²) in [6, 6.07) is 13.8. The first-order valence-corrected chi connectivity index (χ1v) is 6.51. The lowest BCUT2D eigenvalue weighted by Gasteiger charge is -2.23. The molecule has 0 aliphatic rings. The third-order valence-corrected chi connectivity index (χ3v) is 3.08. The maximum atomic E-state index is 6.00. The predicted octanol–water partition coefficient (Wildman–Crippen LogP) is 4.67. The fraction of sp³-hybridized carbons (Fsp3) is 0.294. The van der Waals surface area contributed by atoms with Crippen molar-refractivity contribution in [3.8, 4) is 11.5 Å². The molecule has 0 bridgehead atoms. The molecule has 0 aromatic heterocycles. The smallest absolute Gasteiger partial charge is 0.150 e. The molecular formula is C17H21NO. The van der Waals surface area contributed by atoms with Gasteiger partial charge >= 0.3 is 0 Å². The Kier molecular flexibility index (Phi) is 3.52. The average Bonchev–Trinajstić information content (AvgIpc) is 2.33. The van der Waals surface area contributed by atoms with Gasteiger partial charge in [0.25, 0.3) is 0 Å². The van der Waals surface area contributed by atoms with Gasteiger partial charge in [-0.3, -0.25) is 0 Å². The molecule has 2 N–H and O–H groups in total. The van der Waals surface area contributed by atoms with E-state index in [1.54, 1.807) is 0 Å². The van der Waals surface area contributed by atoms with Crippen molar-refractivity contribution in [2.45, 2.75) is 33.1 Å². The Bertz CT molecular complexity index is 582. The van der Waals surface area contributed by atoms with E-state index in [-0.39, 0.29) is 5.41 Å². The first-order valence-electron chi connectivity index (χ1n) is 6.51. The molecule has 2 aromatic rings. The Balaban J connectivity index is 2.44. The second-order valence-corrected chi connectivity index (χ2v) is 5.89. The molecule has 0 fully saturated rings. The van der Waals surface area contributed by atoms with Crippen molar-refractivity contribution < 1.29 is 4.74 Å². The molecule has 0 unspecified atom stereocenters. The van der Waals surface area contributed by atoms with Crippen molar-refractivity contribution in [2.75, 3.05) is 5.73 Å². The van der Waals surface area contributed by atoms with Crippen LogP contribution in [0.2, 0.25) is 0 Å². The van der Waals surface area contributed by atoms with Crippen LogP contribution in [0.4, 0.5) is 5.69 Å². The number of anilines is 1. The molecule has 0 atom stereocenters. The van der Waals surface area contributed by atoms with Crippen molar-refractivity contribution in [1.29, 1.82) is 0 Å². The summed E-state index contributed by atoms with van der Waals surface area (Å²) in [6.45, 7) is 8.64. The molecule has 100 valence electrons. The second kappa shape index (κ2) is 4.96. The fourth-order valence-electron chi connectivity index (χ4n) is 2.01. The normalized spacial score (nSPS) is 11.4. The number of ether oxygens (including phenoxy) is 1. The minimum absolute atomic E-state index is 0.0326. The van der Waals surface area contributed by atoms with Gasteiger partial charge < -0.3 is 10.5 Å². The molecule has 2 nitrogen and oxygen atoms in total. The Morgan fingerprint density at radius 1 is 0.947 bits per heavy atom. The number of para-hydroxylation sites is 2. The summed E-state index contributed by atoms with van der Waals surface area (Å²) in [7, 11) is 0. The molecule has 2 heteroatoms. The maximum Gasteiger partial charge on any atom is 0.150 e. The van der Waals surface area contributed by atoms with Crippen LogP contribution in [0.25, 0.3) is 0 Å². The quantitative estimate of drug-likeness (QED) is 0.792. The topological polar surface area (TPSA) is 35.2 Å². The van der Waals surface area contributed by atoms with Crippen LogP contribution in [-0.4, -0.2) is 0 Å². The van der Waals surface area contributed by atoms with Crippen LogP contribution >= 0.6 is 0 Å². The van der Waals surface area contributed by atoms with Crippen LogP contribution in [0.3, 0.4) is 0 Å². The number of nitrogen functional groups attached to an aromatic ring is 1. The van der Waals surface area contributed by atoms with Gasteiger partial charge in [-0.15, -0.1) is 0 Å². The fourth-order valence-corrected chi connectivity index (χ4v) is 2.01. The summed E-state index contributed by atoms with van der Waals surface area (Å²) in [5.41, 5.74) is 9.05. The molecule has 0 spiro atoms. The van der Waals surface area contributed by atoms with Gasteiger partial charge in [-0.05, 0) is 30.5 Å². The first kappa shape index (κ1) is 13.5. The van der Waals surface area contributed by atoms with Gasteiger partial charge in [-0.1, -0.05) is 50.6 Å². The maximum absolute atomic E-state index is 6.00. The number of hydrogen-bond donors (Lipinski definition) is 1. The van der Waals surface area contributed by atoms with E-state index in [4.69, 9.17) is 10.5 Å². The Morgan fingerprint density at radius 3 is 2.26 bits per heavy atom. The number of hydrogen-bond acceptors (Lipinski definition) is 2. The molecule has 19 heavy (non-hydrogen) atoms. The molecule has 0 radical (unpaired) electrons. The van der Waals surface area contributed by atoms with Crippen LogP contribution in [-0.2, 0) is 5.41 Å². The molecule has 0 saturated carbocycles. The summed E-state index contributed by atoms with van der Waals surface area (Å²) >= 11 is 0. The van der Waals surface area contributed by atoms with E-state index < -0.39 is 0 Å². The zero-order valence-corrected chi connectivity index (χ0v) is 12.0. The van der Waals surface area contributed by atoms with Crippen molar-refractivity contribution in [2.24, 2.45) is 0 Å². The van der Waals surface area contributed by atoms with E-state index >= 15 is 0 Å². The highest BCUT2D eigenvalue weighted by atomic mass is 16.5. The van der Waals surface area contributed by atoms with Gasteiger partial charge in [0.1, 0.15) is 11.5 Å². The first-order chi connectivity index (χ1) is 8.88. The zero-order chi connectivity index (χ0) is 14.0. The molecule has 0 heterocycles. The number of nitrogens with two attached hydrogens (primary N) is 1. The average molecular weight is 255 g/mol. The van der Waals surface area contributed by atoms with Gasteiger partial charge in [-0.25, -0.2) is 0 Å². The highest BCUT2D eigenvalue weighted by Gasteiger charge is 2.19. The van der Waals surface area contributed by atoms with E-state index in [0.717, 1.165) is 5.75 Å². The molecule has 2 rings (SSSR count). The van der Waals surface area contributed by atoms with Crippen molar-refractivity contribution in [1.82, 2.24) is 0 Å². The van der Waals surface area contributed by atoms with Gasteiger partial charge in [0.05, 0.1) is 5.69 Å². The van der Waals surface area contributed by atoms with E-state index in [1.165, 1.54) is 11.1 Å². The van der Waals surface area contributed by atoms with Gasteiger partial charge in [0.2, 0.25) is 0 Å². The highest BCUT2D eigenvalue weighted by molar-refractivity contribution is 5.55. The summed E-state index contributed by atoms with van der Waals surface area (Å²) in [6.07, 6.45) is 0. The van der Waals surface area contributed by atoms with Gasteiger partial charge in [-0.2, -0.15) is 0 Å². The number of benzene rings is 2. The third-order valence-electron chi connectivity index (χ3n) is 3.08. The van der Waals surface area contributed by atoms with Crippen LogP contribution < -0.4 is 10.5 Å². The lowest BCUT2D eigenvalue weighted by molar-refractivity contribution is 0.457. The van der Waals surface area contributed by atoms with Crippen molar-refractivity contribution >= 4 is 5.69 Å². The zero-order valence-electron chi connectivity index (χ0n) is 12.0. The Labute approximate surface area is 115 Å². The Morgan fingerprint density at radius 2 is 1.63 bits per heavy atom. The monoisotopic (exact) mass is 255 g/mol. The molecule has 0 amide bonds. The van der Waals surface area contributed by atoms with E-state index in [9.17, 15) is 0 Å². The number of rotatable bonds is 2. The summed E-state index contributed by atoms with van der Waals surface area (Å²) in [5, 5.41) is 0. The van der Waals surface area contributed by atoms with Crippen LogP contribution in [0, 0.1) is 6.92 Å². The minimum Gasteiger partial charge on any atom is -0.455 e. The standard InChI is InChI=1S/C17H21NO/c1-12-9-10-15(13(11-12)17(2,3)4)19-16-8-6-5-7-14(16)18/h5-11H,18H2,1-4H3. The molecule has 0 saturated heterocycles. The number of aryl methyl sites for hydroxylation is 1. The van der Waals surface area contributed by atoms with Gasteiger partial charge in [0, 0.05) is 5.56 Å². The minimum atomic E-state index is 0.0326. The third kappa shape index (κ3) is 3.08.